The van der Waals surface area contributed by atoms with E-state index < -0.39 is 11.6 Å². The molecule has 6 nitrogen and oxygen atoms in total. The highest BCUT2D eigenvalue weighted by Crippen LogP contribution is 2.35. The van der Waals surface area contributed by atoms with Gasteiger partial charge in [-0.3, -0.25) is 4.98 Å². The Morgan fingerprint density at radius 3 is 2.54 bits per heavy atom. The van der Waals surface area contributed by atoms with Gasteiger partial charge in [0.05, 0.1) is 11.3 Å². The van der Waals surface area contributed by atoms with E-state index in [0.717, 1.165) is 23.0 Å². The fourth-order valence-corrected chi connectivity index (χ4v) is 3.15. The molecule has 0 atom stereocenters. The largest absolute Gasteiger partial charge is 0.368 e. The van der Waals surface area contributed by atoms with Crippen molar-refractivity contribution in [1.82, 2.24) is 15.4 Å². The molecule has 0 amide bonds. The normalized spacial score (nSPS) is 16.5. The summed E-state index contributed by atoms with van der Waals surface area (Å²) in [5, 5.41) is 1.56. The van der Waals surface area contributed by atoms with Crippen LogP contribution in [0.4, 0.5) is 8.78 Å². The Morgan fingerprint density at radius 1 is 1.12 bits per heavy atom. The van der Waals surface area contributed by atoms with Gasteiger partial charge in [0.15, 0.2) is 5.84 Å². The number of pyridine rings is 1. The van der Waals surface area contributed by atoms with Crippen molar-refractivity contribution in [3.8, 4) is 0 Å². The summed E-state index contributed by atoms with van der Waals surface area (Å²) in [7, 11) is 0. The van der Waals surface area contributed by atoms with Crippen molar-refractivity contribution in [1.29, 1.82) is 0 Å². The molecule has 0 spiro atoms. The Hall–Kier alpha value is -3.13. The van der Waals surface area contributed by atoms with E-state index in [4.69, 9.17) is 5.73 Å². The van der Waals surface area contributed by atoms with Gasteiger partial charge in [-0.25, -0.2) is 29.2 Å². The summed E-state index contributed by atoms with van der Waals surface area (Å²) in [5.41, 5.74) is 12.5. The lowest BCUT2D eigenvalue weighted by Gasteiger charge is -2.27. The molecule has 26 heavy (non-hydrogen) atoms. The number of hydrogen-bond donors (Lipinski definition) is 2. The lowest BCUT2D eigenvalue weighted by molar-refractivity contribution is 0.490. The van der Waals surface area contributed by atoms with Gasteiger partial charge in [-0.15, -0.1) is 0 Å². The van der Waals surface area contributed by atoms with Crippen LogP contribution < -0.4 is 11.2 Å². The van der Waals surface area contributed by atoms with Crippen molar-refractivity contribution < 1.29 is 8.78 Å². The van der Waals surface area contributed by atoms with Crippen LogP contribution in [0.2, 0.25) is 0 Å². The van der Waals surface area contributed by atoms with E-state index in [0.29, 0.717) is 23.8 Å². The smallest absolute Gasteiger partial charge is 0.217 e. The van der Waals surface area contributed by atoms with Crippen LogP contribution in [0, 0.1) is 25.5 Å². The molecule has 132 valence electrons. The third kappa shape index (κ3) is 2.64. The van der Waals surface area contributed by atoms with Crippen molar-refractivity contribution in [2.45, 2.75) is 13.8 Å². The minimum absolute atomic E-state index is 0.145. The number of hydrogen-bond acceptors (Lipinski definition) is 6. The standard InChI is InChI=1S/C18H16F2N6/c1-9-5-11(6-10(2)24-9)15-16(13-4-3-12(19)7-14(13)20)25-18(21)26-17(15)22-8-23-26/h3-7,23H,8H2,1-2H3,(H2,21,25). The molecule has 0 aliphatic carbocycles. The molecule has 0 fully saturated rings. The second kappa shape index (κ2) is 5.99. The van der Waals surface area contributed by atoms with Gasteiger partial charge in [0.1, 0.15) is 18.3 Å². The molecule has 3 N–H and O–H groups in total. The second-order valence-electron chi connectivity index (χ2n) is 6.09. The maximum Gasteiger partial charge on any atom is 0.217 e. The number of hydrazine groups is 1. The molecule has 3 heterocycles. The van der Waals surface area contributed by atoms with Crippen LogP contribution in [-0.4, -0.2) is 28.5 Å². The van der Waals surface area contributed by atoms with Crippen LogP contribution in [0.3, 0.4) is 0 Å². The molecular weight excluding hydrogens is 338 g/mol. The summed E-state index contributed by atoms with van der Waals surface area (Å²) in [4.78, 5) is 13.2. The number of nitrogens with zero attached hydrogens (tertiary/aromatic N) is 4. The SMILES string of the molecule is Cc1cc(C2=C(c3ccc(F)cc3F)N=C(N)N3NCN=C23)cc(C)n1. The number of amidine groups is 1. The van der Waals surface area contributed by atoms with Crippen LogP contribution in [0.25, 0.3) is 11.3 Å². The number of halogens is 2. The number of rotatable bonds is 2. The summed E-state index contributed by atoms with van der Waals surface area (Å²) < 4.78 is 27.9. The molecule has 4 rings (SSSR count). The summed E-state index contributed by atoms with van der Waals surface area (Å²) >= 11 is 0. The molecule has 0 radical (unpaired) electrons. The number of benzene rings is 1. The van der Waals surface area contributed by atoms with E-state index in [1.807, 2.05) is 26.0 Å². The van der Waals surface area contributed by atoms with E-state index >= 15 is 0 Å². The summed E-state index contributed by atoms with van der Waals surface area (Å²) in [6.07, 6.45) is 0. The van der Waals surface area contributed by atoms with Crippen molar-refractivity contribution in [3.63, 3.8) is 0 Å². The first-order valence-corrected chi connectivity index (χ1v) is 8.02. The Balaban J connectivity index is 2.03. The highest BCUT2D eigenvalue weighted by Gasteiger charge is 2.32. The molecule has 2 aromatic rings. The molecule has 1 aromatic carbocycles. The third-order valence-corrected chi connectivity index (χ3v) is 4.14. The van der Waals surface area contributed by atoms with E-state index in [9.17, 15) is 8.78 Å². The van der Waals surface area contributed by atoms with Gasteiger partial charge in [0.2, 0.25) is 5.96 Å². The molecule has 2 aliphatic rings. The highest BCUT2D eigenvalue weighted by molar-refractivity contribution is 6.35. The van der Waals surface area contributed by atoms with Crippen LogP contribution in [0.15, 0.2) is 40.3 Å². The van der Waals surface area contributed by atoms with Crippen LogP contribution in [0.5, 0.6) is 0 Å². The average Bonchev–Trinajstić information content (AvgIpc) is 3.03. The number of aromatic nitrogens is 1. The molecule has 8 heteroatoms. The quantitative estimate of drug-likeness (QED) is 0.868. The van der Waals surface area contributed by atoms with Gasteiger partial charge in [-0.05, 0) is 43.7 Å². The highest BCUT2D eigenvalue weighted by atomic mass is 19.1. The van der Waals surface area contributed by atoms with E-state index in [-0.39, 0.29) is 11.5 Å². The molecule has 0 saturated carbocycles. The maximum absolute atomic E-state index is 14.5. The first kappa shape index (κ1) is 16.3. The number of fused-ring (bicyclic) bond motifs is 1. The van der Waals surface area contributed by atoms with Crippen molar-refractivity contribution >= 4 is 23.1 Å². The first-order chi connectivity index (χ1) is 12.4. The van der Waals surface area contributed by atoms with E-state index in [1.165, 1.54) is 12.1 Å². The fraction of sp³-hybridized carbons (Fsp3) is 0.167. The topological polar surface area (TPSA) is 78.9 Å². The minimum Gasteiger partial charge on any atom is -0.368 e. The zero-order valence-electron chi connectivity index (χ0n) is 14.2. The Bertz CT molecular complexity index is 988. The number of aliphatic imine (C=N–C) groups is 2. The second-order valence-corrected chi connectivity index (χ2v) is 6.09. The zero-order valence-corrected chi connectivity index (χ0v) is 14.2. The van der Waals surface area contributed by atoms with Crippen LogP contribution in [-0.2, 0) is 0 Å². The van der Waals surface area contributed by atoms with Crippen molar-refractivity contribution in [2.24, 2.45) is 15.7 Å². The van der Waals surface area contributed by atoms with Crippen LogP contribution >= 0.6 is 0 Å². The molecule has 0 bridgehead atoms. The molecule has 0 unspecified atom stereocenters. The van der Waals surface area contributed by atoms with Gasteiger partial charge < -0.3 is 5.73 Å². The van der Waals surface area contributed by atoms with Gasteiger partial charge in [0.25, 0.3) is 0 Å². The first-order valence-electron chi connectivity index (χ1n) is 8.02. The molecule has 0 saturated heterocycles. The van der Waals surface area contributed by atoms with Crippen molar-refractivity contribution in [3.05, 3.63) is 64.5 Å². The number of nitrogens with one attached hydrogen (secondary N) is 1. The van der Waals surface area contributed by atoms with Crippen molar-refractivity contribution in [2.75, 3.05) is 6.67 Å². The number of guanidine groups is 1. The van der Waals surface area contributed by atoms with Gasteiger partial charge in [0, 0.05) is 23.0 Å². The van der Waals surface area contributed by atoms with E-state index in [2.05, 4.69) is 20.4 Å². The Morgan fingerprint density at radius 2 is 1.85 bits per heavy atom. The summed E-state index contributed by atoms with van der Waals surface area (Å²) in [5.74, 6) is -0.678. The predicted octanol–water partition coefficient (Wildman–Crippen LogP) is 2.35. The van der Waals surface area contributed by atoms with Gasteiger partial charge in [-0.1, -0.05) is 0 Å². The molecule has 2 aliphatic heterocycles. The maximum atomic E-state index is 14.5. The minimum atomic E-state index is -0.712. The zero-order chi connectivity index (χ0) is 18.4. The van der Waals surface area contributed by atoms with Crippen LogP contribution in [0.1, 0.15) is 22.5 Å². The number of nitrogens with two attached hydrogens (primary N) is 1. The lowest BCUT2D eigenvalue weighted by atomic mass is 9.96. The Kier molecular flexibility index (Phi) is 3.77. The number of aryl methyl sites for hydroxylation is 2. The summed E-state index contributed by atoms with van der Waals surface area (Å²) in [6.45, 7) is 4.08. The fourth-order valence-electron chi connectivity index (χ4n) is 3.15. The summed E-state index contributed by atoms with van der Waals surface area (Å²) in [6, 6.07) is 7.13. The third-order valence-electron chi connectivity index (χ3n) is 4.14. The Labute approximate surface area is 148 Å². The predicted molar refractivity (Wildman–Crippen MR) is 95.8 cm³/mol. The lowest BCUT2D eigenvalue weighted by Crippen LogP contribution is -2.48. The average molecular weight is 354 g/mol. The van der Waals surface area contributed by atoms with E-state index in [1.54, 1.807) is 5.01 Å². The monoisotopic (exact) mass is 354 g/mol. The molecule has 1 aromatic heterocycles. The van der Waals surface area contributed by atoms with Gasteiger partial charge >= 0.3 is 0 Å². The molecular formula is C18H16F2N6. The van der Waals surface area contributed by atoms with Gasteiger partial charge in [-0.2, -0.15) is 0 Å².